The normalized spacial score (nSPS) is 41.7. The number of esters is 2. The summed E-state index contributed by atoms with van der Waals surface area (Å²) in [6.07, 6.45) is 5.66. The monoisotopic (exact) mass is 362 g/mol. The number of rotatable bonds is 1. The summed E-state index contributed by atoms with van der Waals surface area (Å²) in [6.45, 7) is 7.02. The summed E-state index contributed by atoms with van der Waals surface area (Å²) in [4.78, 5) is 38.8. The highest BCUT2D eigenvalue weighted by Crippen LogP contribution is 2.65. The van der Waals surface area contributed by atoms with E-state index < -0.39 is 34.3 Å². The molecule has 3 fully saturated rings. The van der Waals surface area contributed by atoms with Crippen molar-refractivity contribution < 1.29 is 28.6 Å². The zero-order valence-electron chi connectivity index (χ0n) is 15.8. The number of ketones is 1. The SMILES string of the molecule is CC1=CC(=O)O[C@@]12[C@@H]1CCCC[C@]13CCC(=O)[C@@]2(C(=O)OC(C)(C)C)O3. The van der Waals surface area contributed by atoms with Gasteiger partial charge in [0, 0.05) is 18.4 Å². The lowest BCUT2D eigenvalue weighted by Gasteiger charge is -2.42. The molecule has 2 bridgehead atoms. The third-order valence-electron chi connectivity index (χ3n) is 6.38. The summed E-state index contributed by atoms with van der Waals surface area (Å²) < 4.78 is 17.9. The fourth-order valence-electron chi connectivity index (χ4n) is 5.55. The lowest BCUT2D eigenvalue weighted by molar-refractivity contribution is -0.215. The Hall–Kier alpha value is -1.69. The first kappa shape index (κ1) is 17.7. The predicted molar refractivity (Wildman–Crippen MR) is 91.2 cm³/mol. The number of carbonyl (C=O) groups excluding carboxylic acids is 3. The highest BCUT2D eigenvalue weighted by molar-refractivity contribution is 6.12. The zero-order valence-corrected chi connectivity index (χ0v) is 15.8. The summed E-state index contributed by atoms with van der Waals surface area (Å²) in [5.74, 6) is -1.79. The molecule has 3 heterocycles. The van der Waals surface area contributed by atoms with Crippen LogP contribution in [0.4, 0.5) is 0 Å². The fourth-order valence-corrected chi connectivity index (χ4v) is 5.55. The van der Waals surface area contributed by atoms with Crippen LogP contribution in [0, 0.1) is 5.92 Å². The van der Waals surface area contributed by atoms with E-state index in [1.807, 2.05) is 0 Å². The Morgan fingerprint density at radius 3 is 2.58 bits per heavy atom. The topological polar surface area (TPSA) is 78.9 Å². The zero-order chi connectivity index (χ0) is 19.0. The second kappa shape index (κ2) is 5.18. The maximum atomic E-state index is 13.4. The number of ether oxygens (including phenoxy) is 3. The summed E-state index contributed by atoms with van der Waals surface area (Å²) in [5, 5.41) is 0. The molecule has 0 radical (unpaired) electrons. The molecule has 0 amide bonds. The van der Waals surface area contributed by atoms with Crippen molar-refractivity contribution in [3.8, 4) is 0 Å². The molecule has 6 nitrogen and oxygen atoms in total. The summed E-state index contributed by atoms with van der Waals surface area (Å²) in [6, 6.07) is 0. The first-order valence-electron chi connectivity index (χ1n) is 9.46. The van der Waals surface area contributed by atoms with Crippen molar-refractivity contribution in [2.75, 3.05) is 0 Å². The van der Waals surface area contributed by atoms with Crippen molar-refractivity contribution in [1.82, 2.24) is 0 Å². The van der Waals surface area contributed by atoms with Gasteiger partial charge in [-0.05, 0) is 52.5 Å². The van der Waals surface area contributed by atoms with Gasteiger partial charge < -0.3 is 14.2 Å². The van der Waals surface area contributed by atoms with Gasteiger partial charge in [-0.25, -0.2) is 9.59 Å². The second-order valence-corrected chi connectivity index (χ2v) is 9.06. The van der Waals surface area contributed by atoms with Crippen LogP contribution in [0.3, 0.4) is 0 Å². The van der Waals surface area contributed by atoms with Crippen molar-refractivity contribution >= 4 is 17.7 Å². The molecule has 4 atom stereocenters. The van der Waals surface area contributed by atoms with Gasteiger partial charge in [-0.2, -0.15) is 0 Å². The average Bonchev–Trinajstić information content (AvgIpc) is 2.95. The Morgan fingerprint density at radius 2 is 1.96 bits per heavy atom. The molecule has 0 N–H and O–H groups in total. The van der Waals surface area contributed by atoms with Gasteiger partial charge in [-0.15, -0.1) is 0 Å². The highest BCUT2D eigenvalue weighted by atomic mass is 16.6. The molecule has 1 aliphatic carbocycles. The maximum absolute atomic E-state index is 13.4. The van der Waals surface area contributed by atoms with Gasteiger partial charge in [0.15, 0.2) is 11.4 Å². The van der Waals surface area contributed by atoms with Crippen LogP contribution in [0.5, 0.6) is 0 Å². The van der Waals surface area contributed by atoms with E-state index in [-0.39, 0.29) is 18.1 Å². The molecule has 0 unspecified atom stereocenters. The molecule has 142 valence electrons. The van der Waals surface area contributed by atoms with Crippen molar-refractivity contribution in [1.29, 1.82) is 0 Å². The molecular weight excluding hydrogens is 336 g/mol. The molecular formula is C20H26O6. The smallest absolute Gasteiger partial charge is 0.351 e. The molecule has 2 saturated heterocycles. The number of carbonyl (C=O) groups is 3. The van der Waals surface area contributed by atoms with Gasteiger partial charge in [0.2, 0.25) is 0 Å². The van der Waals surface area contributed by atoms with Crippen LogP contribution in [-0.2, 0) is 28.6 Å². The molecule has 1 saturated carbocycles. The van der Waals surface area contributed by atoms with Gasteiger partial charge in [0.25, 0.3) is 5.60 Å². The van der Waals surface area contributed by atoms with Gasteiger partial charge in [-0.1, -0.05) is 12.8 Å². The van der Waals surface area contributed by atoms with Crippen molar-refractivity contribution in [2.45, 2.75) is 88.6 Å². The number of fused-ring (bicyclic) bond motifs is 3. The van der Waals surface area contributed by atoms with Crippen LogP contribution in [-0.4, -0.2) is 40.1 Å². The lowest BCUT2D eigenvalue weighted by atomic mass is 9.64. The van der Waals surface area contributed by atoms with Crippen LogP contribution in [0.25, 0.3) is 0 Å². The molecule has 4 rings (SSSR count). The standard InChI is InChI=1S/C20H26O6/c1-12-11-15(22)24-19(12)13-7-5-6-9-18(13)10-8-14(21)20(19,26-18)16(23)25-17(2,3)4/h11,13H,5-10H2,1-4H3/t13-,18+,19-,20+/m1/s1. The summed E-state index contributed by atoms with van der Waals surface area (Å²) in [7, 11) is 0. The predicted octanol–water partition coefficient (Wildman–Crippen LogP) is 2.63. The van der Waals surface area contributed by atoms with Gasteiger partial charge in [0.1, 0.15) is 5.60 Å². The Morgan fingerprint density at radius 1 is 1.23 bits per heavy atom. The van der Waals surface area contributed by atoms with Crippen LogP contribution >= 0.6 is 0 Å². The van der Waals surface area contributed by atoms with E-state index in [1.54, 1.807) is 27.7 Å². The van der Waals surface area contributed by atoms with E-state index in [9.17, 15) is 14.4 Å². The summed E-state index contributed by atoms with van der Waals surface area (Å²) in [5.41, 5.74) is -4.06. The minimum absolute atomic E-state index is 0.203. The van der Waals surface area contributed by atoms with Crippen molar-refractivity contribution in [3.05, 3.63) is 11.6 Å². The molecule has 0 aromatic carbocycles. The van der Waals surface area contributed by atoms with E-state index in [2.05, 4.69) is 0 Å². The molecule has 6 heteroatoms. The van der Waals surface area contributed by atoms with Gasteiger partial charge >= 0.3 is 11.9 Å². The van der Waals surface area contributed by atoms with Crippen LogP contribution in [0.1, 0.15) is 66.2 Å². The fraction of sp³-hybridized carbons (Fsp3) is 0.750. The van der Waals surface area contributed by atoms with Crippen LogP contribution in [0.15, 0.2) is 11.6 Å². The van der Waals surface area contributed by atoms with Gasteiger partial charge in [0.05, 0.1) is 5.60 Å². The Bertz CT molecular complexity index is 731. The summed E-state index contributed by atoms with van der Waals surface area (Å²) >= 11 is 0. The Labute approximate surface area is 153 Å². The van der Waals surface area contributed by atoms with E-state index in [1.165, 1.54) is 6.08 Å². The second-order valence-electron chi connectivity index (χ2n) is 9.06. The molecule has 3 aliphatic heterocycles. The third-order valence-corrected chi connectivity index (χ3v) is 6.38. The van der Waals surface area contributed by atoms with E-state index in [0.29, 0.717) is 12.0 Å². The quantitative estimate of drug-likeness (QED) is 0.527. The molecule has 0 aromatic rings. The first-order valence-corrected chi connectivity index (χ1v) is 9.46. The number of hydrogen-bond donors (Lipinski definition) is 0. The van der Waals surface area contributed by atoms with Crippen molar-refractivity contribution in [2.24, 2.45) is 5.92 Å². The number of hydrogen-bond acceptors (Lipinski definition) is 6. The van der Waals surface area contributed by atoms with E-state index in [4.69, 9.17) is 14.2 Å². The van der Waals surface area contributed by atoms with E-state index in [0.717, 1.165) is 25.7 Å². The molecule has 0 aromatic heterocycles. The lowest BCUT2D eigenvalue weighted by Crippen LogP contribution is -2.66. The Kier molecular flexibility index (Phi) is 3.53. The van der Waals surface area contributed by atoms with Crippen molar-refractivity contribution in [3.63, 3.8) is 0 Å². The molecule has 26 heavy (non-hydrogen) atoms. The Balaban J connectivity index is 1.93. The van der Waals surface area contributed by atoms with Gasteiger partial charge in [-0.3, -0.25) is 4.79 Å². The highest BCUT2D eigenvalue weighted by Gasteiger charge is 2.83. The average molecular weight is 362 g/mol. The number of Topliss-reactive ketones (excluding diaryl/α,β-unsaturated/α-hetero) is 1. The first-order chi connectivity index (χ1) is 12.1. The third kappa shape index (κ3) is 1.99. The largest absolute Gasteiger partial charge is 0.457 e. The van der Waals surface area contributed by atoms with E-state index >= 15 is 0 Å². The molecule has 2 spiro atoms. The minimum Gasteiger partial charge on any atom is -0.457 e. The van der Waals surface area contributed by atoms with Crippen LogP contribution in [0.2, 0.25) is 0 Å². The maximum Gasteiger partial charge on any atom is 0.351 e. The molecule has 4 aliphatic rings. The van der Waals surface area contributed by atoms with Crippen LogP contribution < -0.4 is 0 Å². The minimum atomic E-state index is -1.89.